The van der Waals surface area contributed by atoms with E-state index in [9.17, 15) is 9.59 Å². The van der Waals surface area contributed by atoms with Gasteiger partial charge in [0.25, 0.3) is 0 Å². The van der Waals surface area contributed by atoms with Gasteiger partial charge in [-0.15, -0.1) is 11.8 Å². The summed E-state index contributed by atoms with van der Waals surface area (Å²) in [6.45, 7) is 0. The van der Waals surface area contributed by atoms with E-state index in [4.69, 9.17) is 16.6 Å². The highest BCUT2D eigenvalue weighted by Gasteiger charge is 2.15. The van der Waals surface area contributed by atoms with Gasteiger partial charge in [0.1, 0.15) is 6.04 Å². The molecule has 0 spiro atoms. The van der Waals surface area contributed by atoms with Gasteiger partial charge >= 0.3 is 12.0 Å². The minimum Gasteiger partial charge on any atom is -0.480 e. The van der Waals surface area contributed by atoms with E-state index in [0.717, 1.165) is 0 Å². The lowest BCUT2D eigenvalue weighted by Crippen LogP contribution is -2.38. The monoisotopic (exact) mass is 221 g/mol. The summed E-state index contributed by atoms with van der Waals surface area (Å²) >= 11 is 1.39. The van der Waals surface area contributed by atoms with Crippen LogP contribution in [0.1, 0.15) is 12.8 Å². The van der Waals surface area contributed by atoms with Crippen molar-refractivity contribution in [1.29, 1.82) is 0 Å². The van der Waals surface area contributed by atoms with E-state index in [1.807, 2.05) is 0 Å². The molecule has 2 unspecified atom stereocenters. The number of thioether (sulfide) groups is 1. The summed E-state index contributed by atoms with van der Waals surface area (Å²) < 4.78 is 0. The zero-order chi connectivity index (χ0) is 11.1. The summed E-state index contributed by atoms with van der Waals surface area (Å²) in [5, 5.41) is 10.8. The lowest BCUT2D eigenvalue weighted by molar-refractivity contribution is -0.138. The number of hydrogen-bond acceptors (Lipinski definition) is 4. The Morgan fingerprint density at radius 2 is 2.07 bits per heavy atom. The van der Waals surface area contributed by atoms with Crippen molar-refractivity contribution in [3.63, 3.8) is 0 Å². The molecule has 0 aromatic carbocycles. The van der Waals surface area contributed by atoms with Crippen LogP contribution < -0.4 is 16.8 Å². The Morgan fingerprint density at radius 3 is 2.43 bits per heavy atom. The Balaban J connectivity index is 3.83. The molecule has 0 aromatic heterocycles. The van der Waals surface area contributed by atoms with Crippen LogP contribution >= 0.6 is 11.8 Å². The molecule has 0 radical (unpaired) electrons. The molecule has 0 aliphatic rings. The van der Waals surface area contributed by atoms with Crippen molar-refractivity contribution in [2.45, 2.75) is 24.3 Å². The molecule has 14 heavy (non-hydrogen) atoms. The molecule has 0 fully saturated rings. The molecule has 7 heteroatoms. The van der Waals surface area contributed by atoms with Crippen molar-refractivity contribution < 1.29 is 14.7 Å². The maximum absolute atomic E-state index is 10.5. The predicted molar refractivity (Wildman–Crippen MR) is 54.9 cm³/mol. The van der Waals surface area contributed by atoms with Gasteiger partial charge in [-0.05, 0) is 19.1 Å². The van der Waals surface area contributed by atoms with Gasteiger partial charge in [-0.25, -0.2) is 4.79 Å². The van der Waals surface area contributed by atoms with E-state index in [-0.39, 0.29) is 5.37 Å². The highest BCUT2D eigenvalue weighted by molar-refractivity contribution is 7.99. The van der Waals surface area contributed by atoms with Crippen LogP contribution in [0, 0.1) is 0 Å². The average Bonchev–Trinajstić information content (AvgIpc) is 2.10. The quantitative estimate of drug-likeness (QED) is 0.452. The fourth-order valence-corrected chi connectivity index (χ4v) is 1.47. The SMILES string of the molecule is CSC(CCC(N)C(=O)O)NC(N)=O. The molecule has 0 heterocycles. The van der Waals surface area contributed by atoms with Crippen LogP contribution in [0.4, 0.5) is 4.79 Å². The topological polar surface area (TPSA) is 118 Å². The summed E-state index contributed by atoms with van der Waals surface area (Å²) in [4.78, 5) is 20.9. The predicted octanol–water partition coefficient (Wildman–Crippen LogP) is -0.464. The number of aliphatic carboxylic acids is 1. The number of amides is 2. The Hall–Kier alpha value is -0.950. The van der Waals surface area contributed by atoms with Crippen molar-refractivity contribution in [2.75, 3.05) is 6.26 Å². The minimum atomic E-state index is -1.04. The second-order valence-corrected chi connectivity index (χ2v) is 3.80. The van der Waals surface area contributed by atoms with Crippen LogP contribution in [-0.4, -0.2) is 34.8 Å². The van der Waals surface area contributed by atoms with Crippen LogP contribution in [0.3, 0.4) is 0 Å². The third kappa shape index (κ3) is 5.65. The molecule has 0 rings (SSSR count). The molecule has 82 valence electrons. The summed E-state index contributed by atoms with van der Waals surface area (Å²) in [5.74, 6) is -1.04. The summed E-state index contributed by atoms with van der Waals surface area (Å²) in [7, 11) is 0. The molecule has 0 bridgehead atoms. The first kappa shape index (κ1) is 13.1. The number of hydrogen-bond donors (Lipinski definition) is 4. The summed E-state index contributed by atoms with van der Waals surface area (Å²) in [6.07, 6.45) is 2.59. The lowest BCUT2D eigenvalue weighted by atomic mass is 10.2. The van der Waals surface area contributed by atoms with Crippen molar-refractivity contribution >= 4 is 23.8 Å². The number of urea groups is 1. The van der Waals surface area contributed by atoms with Crippen LogP contribution in [-0.2, 0) is 4.79 Å². The number of carboxylic acid groups (broad SMARTS) is 1. The third-order valence-electron chi connectivity index (χ3n) is 1.64. The highest BCUT2D eigenvalue weighted by Crippen LogP contribution is 2.10. The van der Waals surface area contributed by atoms with E-state index < -0.39 is 18.0 Å². The average molecular weight is 221 g/mol. The van der Waals surface area contributed by atoms with Gasteiger partial charge in [0, 0.05) is 0 Å². The second-order valence-electron chi connectivity index (χ2n) is 2.76. The Morgan fingerprint density at radius 1 is 1.50 bits per heavy atom. The molecule has 0 saturated carbocycles. The molecular weight excluding hydrogens is 206 g/mol. The number of nitrogens with two attached hydrogens (primary N) is 2. The zero-order valence-corrected chi connectivity index (χ0v) is 8.71. The molecule has 0 aliphatic carbocycles. The Bertz CT molecular complexity index is 212. The Labute approximate surface area is 86.4 Å². The van der Waals surface area contributed by atoms with E-state index >= 15 is 0 Å². The second kappa shape index (κ2) is 6.50. The molecule has 6 N–H and O–H groups in total. The fraction of sp³-hybridized carbons (Fsp3) is 0.714. The normalized spacial score (nSPS) is 14.4. The highest BCUT2D eigenvalue weighted by atomic mass is 32.2. The van der Waals surface area contributed by atoms with E-state index in [1.54, 1.807) is 6.26 Å². The number of rotatable bonds is 6. The van der Waals surface area contributed by atoms with Gasteiger partial charge in [0.05, 0.1) is 5.37 Å². The summed E-state index contributed by atoms with van der Waals surface area (Å²) in [6, 6.07) is -1.51. The van der Waals surface area contributed by atoms with Crippen molar-refractivity contribution in [2.24, 2.45) is 11.5 Å². The number of nitrogens with one attached hydrogen (secondary N) is 1. The van der Waals surface area contributed by atoms with Crippen LogP contribution in [0.15, 0.2) is 0 Å². The number of carbonyl (C=O) groups excluding carboxylic acids is 1. The molecule has 0 aliphatic heterocycles. The van der Waals surface area contributed by atoms with Crippen LogP contribution in [0.5, 0.6) is 0 Å². The number of carbonyl (C=O) groups is 2. The first-order valence-corrected chi connectivity index (χ1v) is 5.33. The maximum atomic E-state index is 10.5. The van der Waals surface area contributed by atoms with Crippen molar-refractivity contribution in [3.05, 3.63) is 0 Å². The van der Waals surface area contributed by atoms with Gasteiger partial charge < -0.3 is 21.9 Å². The van der Waals surface area contributed by atoms with E-state index in [1.165, 1.54) is 11.8 Å². The summed E-state index contributed by atoms with van der Waals surface area (Å²) in [5.41, 5.74) is 10.2. The van der Waals surface area contributed by atoms with E-state index in [0.29, 0.717) is 12.8 Å². The molecule has 0 saturated heterocycles. The largest absolute Gasteiger partial charge is 0.480 e. The van der Waals surface area contributed by atoms with Crippen LogP contribution in [0.2, 0.25) is 0 Å². The minimum absolute atomic E-state index is 0.183. The molecule has 0 aromatic rings. The first-order valence-electron chi connectivity index (χ1n) is 4.04. The Kier molecular flexibility index (Phi) is 6.06. The van der Waals surface area contributed by atoms with Crippen LogP contribution in [0.25, 0.3) is 0 Å². The van der Waals surface area contributed by atoms with Gasteiger partial charge in [-0.2, -0.15) is 0 Å². The lowest BCUT2D eigenvalue weighted by Gasteiger charge is -2.15. The zero-order valence-electron chi connectivity index (χ0n) is 7.90. The van der Waals surface area contributed by atoms with Gasteiger partial charge in [-0.1, -0.05) is 0 Å². The van der Waals surface area contributed by atoms with Crippen molar-refractivity contribution in [1.82, 2.24) is 5.32 Å². The number of carboxylic acids is 1. The molecule has 2 amide bonds. The van der Waals surface area contributed by atoms with Gasteiger partial charge in [-0.3, -0.25) is 4.79 Å². The fourth-order valence-electron chi connectivity index (χ4n) is 0.862. The van der Waals surface area contributed by atoms with Crippen molar-refractivity contribution in [3.8, 4) is 0 Å². The molecule has 2 atom stereocenters. The molecular formula is C7H15N3O3S. The number of primary amides is 1. The maximum Gasteiger partial charge on any atom is 0.320 e. The van der Waals surface area contributed by atoms with E-state index in [2.05, 4.69) is 5.32 Å². The van der Waals surface area contributed by atoms with Gasteiger partial charge in [0.15, 0.2) is 0 Å². The molecule has 6 nitrogen and oxygen atoms in total. The van der Waals surface area contributed by atoms with Gasteiger partial charge in [0.2, 0.25) is 0 Å². The third-order valence-corrected chi connectivity index (χ3v) is 2.57. The standard InChI is InChI=1S/C7H15N3O3S/c1-14-5(10-7(9)13)3-2-4(8)6(11)12/h4-5H,2-3,8H2,1H3,(H,11,12)(H3,9,10,13). The first-order chi connectivity index (χ1) is 6.47. The smallest absolute Gasteiger partial charge is 0.320 e.